The first-order valence-corrected chi connectivity index (χ1v) is 8.00. The summed E-state index contributed by atoms with van der Waals surface area (Å²) in [6.45, 7) is 0. The van der Waals surface area contributed by atoms with Gasteiger partial charge in [0.25, 0.3) is 0 Å². The van der Waals surface area contributed by atoms with Gasteiger partial charge in [0.2, 0.25) is 5.79 Å². The lowest BCUT2D eigenvalue weighted by atomic mass is 9.70. The highest BCUT2D eigenvalue weighted by atomic mass is 35.5. The van der Waals surface area contributed by atoms with Gasteiger partial charge >= 0.3 is 0 Å². The predicted molar refractivity (Wildman–Crippen MR) is 79.9 cm³/mol. The Hall–Kier alpha value is 0.450. The number of hydrogen-bond donors (Lipinski definition) is 1. The van der Waals surface area contributed by atoms with E-state index in [9.17, 15) is 9.90 Å². The van der Waals surface area contributed by atoms with Crippen LogP contribution in [0.2, 0.25) is 0 Å². The minimum atomic E-state index is -1.62. The summed E-state index contributed by atoms with van der Waals surface area (Å²) in [7, 11) is 2.73. The van der Waals surface area contributed by atoms with E-state index in [4.69, 9.17) is 55.9 Å². The van der Waals surface area contributed by atoms with Gasteiger partial charge in [0, 0.05) is 26.6 Å². The first-order valence-electron chi connectivity index (χ1n) is 6.49. The third-order valence-corrected chi connectivity index (χ3v) is 7.69. The smallest absolute Gasteiger partial charge is 0.218 e. The standard InChI is InChI=1S/C13H14Cl4O4/c1-20-13(21-2)11(16)7-5(18)3-4-6(19)8(7)12(13,17)10(15)9(11)14/h5,7-8,18H,3-4H2,1-2H3/t5-,7-,8+,11-,12+/m0/s1. The zero-order valence-electron chi connectivity index (χ0n) is 11.3. The Morgan fingerprint density at radius 2 is 1.67 bits per heavy atom. The minimum absolute atomic E-state index is 0.0493. The van der Waals surface area contributed by atoms with E-state index < -0.39 is 33.5 Å². The minimum Gasteiger partial charge on any atom is -0.393 e. The van der Waals surface area contributed by atoms with Gasteiger partial charge in [-0.2, -0.15) is 0 Å². The van der Waals surface area contributed by atoms with Gasteiger partial charge in [0.15, 0.2) is 0 Å². The number of halogens is 4. The van der Waals surface area contributed by atoms with Crippen molar-refractivity contribution < 1.29 is 19.4 Å². The van der Waals surface area contributed by atoms with Gasteiger partial charge in [-0.1, -0.05) is 23.2 Å². The molecule has 3 aliphatic rings. The number of carbonyl (C=O) groups excluding carboxylic acids is 1. The lowest BCUT2D eigenvalue weighted by Crippen LogP contribution is -2.58. The Kier molecular flexibility index (Phi) is 3.67. The van der Waals surface area contributed by atoms with Crippen LogP contribution in [0, 0.1) is 11.8 Å². The molecule has 4 nitrogen and oxygen atoms in total. The SMILES string of the molecule is COC1(OC)[C@@]2(Cl)C(Cl)=C(Cl)[C@]1(Cl)[C@@H]1C(=O)CC[C@H](O)[C@@H]12. The van der Waals surface area contributed by atoms with Gasteiger partial charge < -0.3 is 14.6 Å². The average molecular weight is 376 g/mol. The number of alkyl halides is 2. The van der Waals surface area contributed by atoms with Crippen LogP contribution in [-0.4, -0.2) is 46.7 Å². The third-order valence-electron chi connectivity index (χ3n) is 5.06. The number of Topliss-reactive ketones (excluding diaryl/α,β-unsaturated/α-hetero) is 1. The second kappa shape index (κ2) is 4.73. The summed E-state index contributed by atoms with van der Waals surface area (Å²) in [5.41, 5.74) is 0. The molecule has 0 aromatic heterocycles. The van der Waals surface area contributed by atoms with Crippen LogP contribution in [0.5, 0.6) is 0 Å². The normalized spacial score (nSPS) is 48.0. The molecule has 3 aliphatic carbocycles. The molecule has 0 unspecified atom stereocenters. The quantitative estimate of drug-likeness (QED) is 0.595. The molecule has 0 heterocycles. The largest absolute Gasteiger partial charge is 0.393 e. The summed E-state index contributed by atoms with van der Waals surface area (Å²) in [4.78, 5) is 9.40. The molecule has 0 aliphatic heterocycles. The number of hydrogen-bond acceptors (Lipinski definition) is 4. The summed E-state index contributed by atoms with van der Waals surface area (Å²) < 4.78 is 11.0. The van der Waals surface area contributed by atoms with E-state index in [0.29, 0.717) is 6.42 Å². The van der Waals surface area contributed by atoms with Crippen molar-refractivity contribution in [3.63, 3.8) is 0 Å². The van der Waals surface area contributed by atoms with Crippen molar-refractivity contribution in [2.45, 2.75) is 34.5 Å². The lowest BCUT2D eigenvalue weighted by Gasteiger charge is -2.42. The molecular weight excluding hydrogens is 362 g/mol. The highest BCUT2D eigenvalue weighted by Gasteiger charge is 2.86. The van der Waals surface area contributed by atoms with Gasteiger partial charge in [0.05, 0.1) is 22.1 Å². The molecule has 1 N–H and O–H groups in total. The van der Waals surface area contributed by atoms with Gasteiger partial charge in [-0.15, -0.1) is 23.2 Å². The van der Waals surface area contributed by atoms with E-state index in [-0.39, 0.29) is 22.3 Å². The summed E-state index contributed by atoms with van der Waals surface area (Å²) in [6, 6.07) is 0. The highest BCUT2D eigenvalue weighted by Crippen LogP contribution is 2.75. The number of rotatable bonds is 2. The second-order valence-electron chi connectivity index (χ2n) is 5.65. The fourth-order valence-electron chi connectivity index (χ4n) is 4.27. The fourth-order valence-corrected chi connectivity index (χ4v) is 6.53. The Morgan fingerprint density at radius 3 is 2.19 bits per heavy atom. The topological polar surface area (TPSA) is 55.8 Å². The fraction of sp³-hybridized carbons (Fsp3) is 0.769. The number of methoxy groups -OCH3 is 2. The number of fused-ring (bicyclic) bond motifs is 5. The van der Waals surface area contributed by atoms with Crippen molar-refractivity contribution >= 4 is 52.2 Å². The molecule has 5 atom stereocenters. The summed E-state index contributed by atoms with van der Waals surface area (Å²) in [5.74, 6) is -3.26. The molecular formula is C13H14Cl4O4. The van der Waals surface area contributed by atoms with E-state index in [1.807, 2.05) is 0 Å². The lowest BCUT2D eigenvalue weighted by molar-refractivity contribution is -0.221. The maximum absolute atomic E-state index is 12.4. The second-order valence-corrected chi connectivity index (χ2v) is 7.60. The highest BCUT2D eigenvalue weighted by molar-refractivity contribution is 6.52. The van der Waals surface area contributed by atoms with E-state index in [0.717, 1.165) is 0 Å². The number of carbonyl (C=O) groups is 1. The Morgan fingerprint density at radius 1 is 1.14 bits per heavy atom. The van der Waals surface area contributed by atoms with Crippen LogP contribution >= 0.6 is 46.4 Å². The van der Waals surface area contributed by atoms with Crippen LogP contribution in [-0.2, 0) is 14.3 Å². The Labute approximate surface area is 142 Å². The van der Waals surface area contributed by atoms with Gasteiger partial charge in [-0.25, -0.2) is 0 Å². The molecule has 118 valence electrons. The molecule has 0 aromatic rings. The molecule has 21 heavy (non-hydrogen) atoms. The van der Waals surface area contributed by atoms with Crippen LogP contribution in [0.25, 0.3) is 0 Å². The molecule has 2 bridgehead atoms. The van der Waals surface area contributed by atoms with Crippen LogP contribution < -0.4 is 0 Å². The van der Waals surface area contributed by atoms with Crippen molar-refractivity contribution in [2.75, 3.05) is 14.2 Å². The number of aliphatic hydroxyl groups is 1. The first-order chi connectivity index (χ1) is 9.74. The maximum Gasteiger partial charge on any atom is 0.218 e. The van der Waals surface area contributed by atoms with Crippen LogP contribution in [0.15, 0.2) is 10.1 Å². The number of aliphatic hydroxyl groups excluding tert-OH is 1. The molecule has 0 spiro atoms. The Bertz CT molecular complexity index is 546. The molecule has 2 saturated carbocycles. The molecule has 3 rings (SSSR count). The molecule has 0 aromatic carbocycles. The van der Waals surface area contributed by atoms with Crippen LogP contribution in [0.3, 0.4) is 0 Å². The predicted octanol–water partition coefficient (Wildman–Crippen LogP) is 2.60. The van der Waals surface area contributed by atoms with Crippen molar-refractivity contribution in [1.29, 1.82) is 0 Å². The third kappa shape index (κ3) is 1.44. The summed E-state index contributed by atoms with van der Waals surface area (Å²) in [6.07, 6.45) is -0.337. The number of ketones is 1. The van der Waals surface area contributed by atoms with Crippen LogP contribution in [0.1, 0.15) is 12.8 Å². The first kappa shape index (κ1) is 16.3. The number of ether oxygens (including phenoxy) is 2. The zero-order chi connectivity index (χ0) is 15.8. The van der Waals surface area contributed by atoms with Crippen molar-refractivity contribution in [1.82, 2.24) is 0 Å². The summed E-state index contributed by atoms with van der Waals surface area (Å²) >= 11 is 26.1. The van der Waals surface area contributed by atoms with Gasteiger partial charge in [-0.3, -0.25) is 4.79 Å². The van der Waals surface area contributed by atoms with Gasteiger partial charge in [-0.05, 0) is 6.42 Å². The molecule has 8 heteroatoms. The van der Waals surface area contributed by atoms with E-state index in [2.05, 4.69) is 0 Å². The van der Waals surface area contributed by atoms with E-state index in [1.54, 1.807) is 0 Å². The van der Waals surface area contributed by atoms with Crippen LogP contribution in [0.4, 0.5) is 0 Å². The zero-order valence-corrected chi connectivity index (χ0v) is 14.4. The average Bonchev–Trinajstić information content (AvgIpc) is 2.72. The van der Waals surface area contributed by atoms with E-state index >= 15 is 0 Å². The Balaban J connectivity index is 2.34. The van der Waals surface area contributed by atoms with Crippen molar-refractivity contribution in [3.05, 3.63) is 10.1 Å². The van der Waals surface area contributed by atoms with Crippen molar-refractivity contribution in [2.24, 2.45) is 11.8 Å². The molecule has 0 amide bonds. The van der Waals surface area contributed by atoms with Crippen molar-refractivity contribution in [3.8, 4) is 0 Å². The molecule has 0 radical (unpaired) electrons. The maximum atomic E-state index is 12.4. The van der Waals surface area contributed by atoms with E-state index in [1.165, 1.54) is 14.2 Å². The monoisotopic (exact) mass is 374 g/mol. The summed E-state index contributed by atoms with van der Waals surface area (Å²) in [5, 5.41) is 10.5. The molecule has 0 saturated heterocycles. The van der Waals surface area contributed by atoms with Gasteiger partial charge in [0.1, 0.15) is 15.5 Å². The molecule has 2 fully saturated rings.